The summed E-state index contributed by atoms with van der Waals surface area (Å²) in [5, 5.41) is 9.44. The number of carboxylic acids is 1. The van der Waals surface area contributed by atoms with E-state index in [4.69, 9.17) is 0 Å². The molecule has 1 aliphatic rings. The minimum Gasteiger partial charge on any atom is -0.478 e. The van der Waals surface area contributed by atoms with E-state index in [0.717, 1.165) is 13.0 Å². The van der Waals surface area contributed by atoms with Crippen LogP contribution < -0.4 is 4.90 Å². The highest BCUT2D eigenvalue weighted by atomic mass is 16.4. The van der Waals surface area contributed by atoms with Crippen LogP contribution in [0, 0.1) is 0 Å². The monoisotopic (exact) mass is 332 g/mol. The molecular formula is C19H16N4O2. The summed E-state index contributed by atoms with van der Waals surface area (Å²) in [5.74, 6) is -0.531. The molecule has 0 fully saturated rings. The molecule has 0 aliphatic carbocycles. The Morgan fingerprint density at radius 1 is 1.04 bits per heavy atom. The molecule has 1 aliphatic heterocycles. The van der Waals surface area contributed by atoms with E-state index >= 15 is 0 Å². The van der Waals surface area contributed by atoms with Crippen LogP contribution in [-0.4, -0.2) is 32.6 Å². The van der Waals surface area contributed by atoms with E-state index < -0.39 is 5.97 Å². The van der Waals surface area contributed by atoms with Crippen LogP contribution in [-0.2, 0) is 13.0 Å². The molecule has 3 aromatic rings. The zero-order chi connectivity index (χ0) is 17.2. The van der Waals surface area contributed by atoms with Crippen molar-refractivity contribution in [1.29, 1.82) is 0 Å². The van der Waals surface area contributed by atoms with Crippen LogP contribution >= 0.6 is 0 Å². The van der Waals surface area contributed by atoms with Gasteiger partial charge in [-0.3, -0.25) is 4.98 Å². The number of rotatable bonds is 3. The molecule has 0 radical (unpaired) electrons. The van der Waals surface area contributed by atoms with Gasteiger partial charge in [0.05, 0.1) is 5.69 Å². The van der Waals surface area contributed by atoms with Gasteiger partial charge >= 0.3 is 5.97 Å². The van der Waals surface area contributed by atoms with E-state index in [2.05, 4.69) is 32.0 Å². The summed E-state index contributed by atoms with van der Waals surface area (Å²) in [6, 6.07) is 13.7. The molecule has 6 nitrogen and oxygen atoms in total. The Bertz CT molecular complexity index is 928. The summed E-state index contributed by atoms with van der Waals surface area (Å²) in [6.07, 6.45) is 3.91. The summed E-state index contributed by atoms with van der Waals surface area (Å²) >= 11 is 0. The molecule has 0 saturated heterocycles. The number of nitrogens with zero attached hydrogens (tertiary/aromatic N) is 4. The maximum absolute atomic E-state index is 11.5. The molecule has 4 rings (SSSR count). The molecule has 0 atom stereocenters. The number of aromatic carboxylic acids is 1. The lowest BCUT2D eigenvalue weighted by molar-refractivity contribution is 0.0697. The van der Waals surface area contributed by atoms with Crippen molar-refractivity contribution in [3.05, 3.63) is 71.5 Å². The lowest BCUT2D eigenvalue weighted by Gasteiger charge is -2.29. The van der Waals surface area contributed by atoms with Gasteiger partial charge in [0.15, 0.2) is 0 Å². The quantitative estimate of drug-likeness (QED) is 0.794. The highest BCUT2D eigenvalue weighted by Gasteiger charge is 2.21. The largest absolute Gasteiger partial charge is 0.478 e. The van der Waals surface area contributed by atoms with Crippen molar-refractivity contribution < 1.29 is 9.90 Å². The zero-order valence-corrected chi connectivity index (χ0v) is 13.5. The molecule has 3 heterocycles. The lowest BCUT2D eigenvalue weighted by atomic mass is 10.0. The fourth-order valence-electron chi connectivity index (χ4n) is 3.05. The van der Waals surface area contributed by atoms with Crippen LogP contribution in [0.4, 0.5) is 5.95 Å². The molecule has 6 heteroatoms. The molecule has 25 heavy (non-hydrogen) atoms. The van der Waals surface area contributed by atoms with E-state index in [1.165, 1.54) is 17.3 Å². The Morgan fingerprint density at radius 2 is 1.84 bits per heavy atom. The number of fused-ring (bicyclic) bond motifs is 1. The summed E-state index contributed by atoms with van der Waals surface area (Å²) in [6.45, 7) is 1.51. The van der Waals surface area contributed by atoms with Gasteiger partial charge < -0.3 is 10.0 Å². The van der Waals surface area contributed by atoms with Crippen molar-refractivity contribution in [2.75, 3.05) is 11.4 Å². The van der Waals surface area contributed by atoms with Gasteiger partial charge in [-0.05, 0) is 29.7 Å². The Kier molecular flexibility index (Phi) is 3.85. The van der Waals surface area contributed by atoms with Crippen LogP contribution in [0.2, 0.25) is 0 Å². The van der Waals surface area contributed by atoms with Crippen molar-refractivity contribution in [3.63, 3.8) is 0 Å². The smallest absolute Gasteiger partial charge is 0.339 e. The SMILES string of the molecule is O=C(O)c1cnc(N2CCc3ccccc3C2)nc1-c1ccccn1. The lowest BCUT2D eigenvalue weighted by Crippen LogP contribution is -2.32. The van der Waals surface area contributed by atoms with E-state index in [0.29, 0.717) is 23.9 Å². The third-order valence-corrected chi connectivity index (χ3v) is 4.33. The normalized spacial score (nSPS) is 13.4. The molecule has 0 unspecified atom stereocenters. The maximum Gasteiger partial charge on any atom is 0.339 e. The Balaban J connectivity index is 1.73. The highest BCUT2D eigenvalue weighted by molar-refractivity contribution is 5.94. The number of hydrogen-bond acceptors (Lipinski definition) is 5. The first-order chi connectivity index (χ1) is 12.2. The number of carboxylic acid groups (broad SMARTS) is 1. The minimum atomic E-state index is -1.06. The number of hydrogen-bond donors (Lipinski definition) is 1. The number of anilines is 1. The van der Waals surface area contributed by atoms with Crippen LogP contribution in [0.3, 0.4) is 0 Å². The summed E-state index contributed by atoms with van der Waals surface area (Å²) in [5.41, 5.74) is 3.52. The summed E-state index contributed by atoms with van der Waals surface area (Å²) < 4.78 is 0. The number of benzene rings is 1. The van der Waals surface area contributed by atoms with Crippen molar-refractivity contribution in [2.24, 2.45) is 0 Å². The third kappa shape index (κ3) is 2.94. The van der Waals surface area contributed by atoms with Crippen LogP contribution in [0.15, 0.2) is 54.9 Å². The average molecular weight is 332 g/mol. The van der Waals surface area contributed by atoms with Crippen LogP contribution in [0.25, 0.3) is 11.4 Å². The first-order valence-electron chi connectivity index (χ1n) is 8.06. The highest BCUT2D eigenvalue weighted by Crippen LogP contribution is 2.25. The molecular weight excluding hydrogens is 316 g/mol. The average Bonchev–Trinajstić information content (AvgIpc) is 2.67. The van der Waals surface area contributed by atoms with Crippen LogP contribution in [0.1, 0.15) is 21.5 Å². The van der Waals surface area contributed by atoms with Crippen molar-refractivity contribution >= 4 is 11.9 Å². The van der Waals surface area contributed by atoms with Gasteiger partial charge in [0.2, 0.25) is 5.95 Å². The van der Waals surface area contributed by atoms with Gasteiger partial charge in [-0.25, -0.2) is 14.8 Å². The third-order valence-electron chi connectivity index (χ3n) is 4.33. The van der Waals surface area contributed by atoms with Gasteiger partial charge in [0, 0.05) is 25.5 Å². The summed E-state index contributed by atoms with van der Waals surface area (Å²) in [4.78, 5) is 26.7. The molecule has 0 bridgehead atoms. The number of aromatic nitrogens is 3. The van der Waals surface area contributed by atoms with Crippen LogP contribution in [0.5, 0.6) is 0 Å². The Labute approximate surface area is 144 Å². The fraction of sp³-hybridized carbons (Fsp3) is 0.158. The van der Waals surface area contributed by atoms with Crippen molar-refractivity contribution in [2.45, 2.75) is 13.0 Å². The Morgan fingerprint density at radius 3 is 2.60 bits per heavy atom. The van der Waals surface area contributed by atoms with E-state index in [1.54, 1.807) is 18.3 Å². The molecule has 2 aromatic heterocycles. The van der Waals surface area contributed by atoms with Crippen molar-refractivity contribution in [3.8, 4) is 11.4 Å². The Hall–Kier alpha value is -3.28. The molecule has 124 valence electrons. The minimum absolute atomic E-state index is 0.0554. The predicted octanol–water partition coefficient (Wildman–Crippen LogP) is 2.80. The first kappa shape index (κ1) is 15.3. The molecule has 0 amide bonds. The first-order valence-corrected chi connectivity index (χ1v) is 8.06. The number of pyridine rings is 1. The molecule has 0 saturated carbocycles. The van der Waals surface area contributed by atoms with Gasteiger partial charge in [0.1, 0.15) is 11.3 Å². The van der Waals surface area contributed by atoms with Gasteiger partial charge in [-0.1, -0.05) is 30.3 Å². The van der Waals surface area contributed by atoms with E-state index in [1.807, 2.05) is 18.2 Å². The van der Waals surface area contributed by atoms with Crippen molar-refractivity contribution in [1.82, 2.24) is 15.0 Å². The zero-order valence-electron chi connectivity index (χ0n) is 13.5. The molecule has 0 spiro atoms. The van der Waals surface area contributed by atoms with Gasteiger partial charge in [-0.2, -0.15) is 0 Å². The van der Waals surface area contributed by atoms with Gasteiger partial charge in [-0.15, -0.1) is 0 Å². The van der Waals surface area contributed by atoms with E-state index in [-0.39, 0.29) is 5.56 Å². The summed E-state index contributed by atoms with van der Waals surface area (Å²) in [7, 11) is 0. The second-order valence-electron chi connectivity index (χ2n) is 5.89. The standard InChI is InChI=1S/C19H16N4O2/c24-18(25)15-11-21-19(22-17(15)16-7-3-4-9-20-16)23-10-8-13-5-1-2-6-14(13)12-23/h1-7,9,11H,8,10,12H2,(H,24,25). The number of carbonyl (C=O) groups is 1. The second-order valence-corrected chi connectivity index (χ2v) is 5.89. The maximum atomic E-state index is 11.5. The molecule has 1 aromatic carbocycles. The van der Waals surface area contributed by atoms with E-state index in [9.17, 15) is 9.90 Å². The van der Waals surface area contributed by atoms with Gasteiger partial charge in [0.25, 0.3) is 0 Å². The topological polar surface area (TPSA) is 79.2 Å². The fourth-order valence-corrected chi connectivity index (χ4v) is 3.05. The predicted molar refractivity (Wildman–Crippen MR) is 93.4 cm³/mol. The second kappa shape index (κ2) is 6.32. The molecule has 1 N–H and O–H groups in total.